The van der Waals surface area contributed by atoms with Crippen LogP contribution in [0.2, 0.25) is 0 Å². The van der Waals surface area contributed by atoms with Crippen molar-refractivity contribution in [3.05, 3.63) is 70.0 Å². The van der Waals surface area contributed by atoms with E-state index in [2.05, 4.69) is 15.3 Å². The summed E-state index contributed by atoms with van der Waals surface area (Å²) in [6.07, 6.45) is 0.105. The summed E-state index contributed by atoms with van der Waals surface area (Å²) in [7, 11) is 0. The van der Waals surface area contributed by atoms with Gasteiger partial charge in [0.15, 0.2) is 6.61 Å². The average Bonchev–Trinajstić information content (AvgIpc) is 3.10. The molecule has 150 valence electrons. The maximum Gasteiger partial charge on any atom is 0.258 e. The van der Waals surface area contributed by atoms with Gasteiger partial charge >= 0.3 is 0 Å². The van der Waals surface area contributed by atoms with Crippen molar-refractivity contribution >= 4 is 34.4 Å². The molecular weight excluding hydrogens is 386 g/mol. The Morgan fingerprint density at radius 3 is 2.87 bits per heavy atom. The lowest BCUT2D eigenvalue weighted by molar-refractivity contribution is -0.120. The number of nitrogens with one attached hydrogen (secondary N) is 2. The second-order valence-electron chi connectivity index (χ2n) is 7.11. The summed E-state index contributed by atoms with van der Waals surface area (Å²) in [5.41, 5.74) is 7.47. The molecule has 1 aliphatic rings. The van der Waals surface area contributed by atoms with Gasteiger partial charge in [0, 0.05) is 12.3 Å². The predicted molar refractivity (Wildman–Crippen MR) is 110 cm³/mol. The van der Waals surface area contributed by atoms with Gasteiger partial charge < -0.3 is 15.8 Å². The molecule has 0 fully saturated rings. The number of hydrogen-bond acceptors (Lipinski definition) is 5. The molecule has 0 radical (unpaired) electrons. The fraction of sp³-hybridized carbons (Fsp3) is 0.143. The molecule has 2 amide bonds. The number of nitrogens with two attached hydrogens (primary N) is 1. The van der Waals surface area contributed by atoms with E-state index < -0.39 is 11.8 Å². The van der Waals surface area contributed by atoms with E-state index >= 15 is 0 Å². The fourth-order valence-corrected chi connectivity index (χ4v) is 3.91. The number of benzene rings is 2. The molecule has 0 aliphatic carbocycles. The first kappa shape index (κ1) is 17.9. The van der Waals surface area contributed by atoms with Gasteiger partial charge in [0.25, 0.3) is 11.5 Å². The van der Waals surface area contributed by atoms with E-state index in [1.165, 1.54) is 0 Å². The monoisotopic (exact) mass is 403 g/mol. The quantitative estimate of drug-likeness (QED) is 0.475. The molecular formula is C21H17N5O4. The van der Waals surface area contributed by atoms with Gasteiger partial charge in [-0.2, -0.15) is 0 Å². The molecule has 0 saturated heterocycles. The highest BCUT2D eigenvalue weighted by Crippen LogP contribution is 2.37. The standard InChI is InChI=1S/C21H17N5O4/c22-16(27)10-30-12-5-3-4-11(8-12)13-9-17(28)24-19-18(13)20(29)25-21-23-14-6-1-2-7-15(14)26(19)21/h1-8,13H,9-10H2,(H2,22,27)(H,24,28)(H,23,25,29)/t13-/m1/s1. The van der Waals surface area contributed by atoms with E-state index in [1.807, 2.05) is 30.3 Å². The van der Waals surface area contributed by atoms with Crippen LogP contribution in [0.4, 0.5) is 5.82 Å². The molecule has 0 unspecified atom stereocenters. The number of aromatic nitrogens is 3. The molecule has 1 atom stereocenters. The number of fused-ring (bicyclic) bond motifs is 5. The van der Waals surface area contributed by atoms with Crippen LogP contribution in [0.3, 0.4) is 0 Å². The van der Waals surface area contributed by atoms with Crippen molar-refractivity contribution in [3.8, 4) is 5.75 Å². The lowest BCUT2D eigenvalue weighted by Gasteiger charge is -2.26. The minimum atomic E-state index is -0.589. The van der Waals surface area contributed by atoms with Crippen LogP contribution in [-0.2, 0) is 9.59 Å². The van der Waals surface area contributed by atoms with Gasteiger partial charge in [-0.3, -0.25) is 23.8 Å². The van der Waals surface area contributed by atoms with Gasteiger partial charge in [-0.25, -0.2) is 4.98 Å². The Labute approximate surface area is 169 Å². The Hall–Kier alpha value is -4.14. The maximum atomic E-state index is 13.0. The number of amides is 2. The molecule has 0 saturated carbocycles. The summed E-state index contributed by atoms with van der Waals surface area (Å²) < 4.78 is 7.14. The number of primary amides is 1. The lowest BCUT2D eigenvalue weighted by atomic mass is 9.86. The highest BCUT2D eigenvalue weighted by atomic mass is 16.5. The minimum absolute atomic E-state index is 0.105. The third-order valence-electron chi connectivity index (χ3n) is 5.15. The third kappa shape index (κ3) is 2.87. The highest BCUT2D eigenvalue weighted by molar-refractivity contribution is 5.96. The van der Waals surface area contributed by atoms with Gasteiger partial charge in [0.05, 0.1) is 16.6 Å². The molecule has 2 aromatic heterocycles. The fourth-order valence-electron chi connectivity index (χ4n) is 3.91. The number of para-hydroxylation sites is 2. The normalized spacial score (nSPS) is 15.7. The first-order chi connectivity index (χ1) is 14.5. The first-order valence-electron chi connectivity index (χ1n) is 9.35. The molecule has 9 heteroatoms. The zero-order chi connectivity index (χ0) is 20.8. The van der Waals surface area contributed by atoms with Gasteiger partial charge in [-0.1, -0.05) is 24.3 Å². The number of rotatable bonds is 4. The Bertz CT molecular complexity index is 1390. The van der Waals surface area contributed by atoms with Crippen molar-refractivity contribution < 1.29 is 14.3 Å². The van der Waals surface area contributed by atoms with E-state index in [-0.39, 0.29) is 24.5 Å². The van der Waals surface area contributed by atoms with Crippen molar-refractivity contribution in [2.45, 2.75) is 12.3 Å². The lowest BCUT2D eigenvalue weighted by Crippen LogP contribution is -2.32. The topological polar surface area (TPSA) is 132 Å². The van der Waals surface area contributed by atoms with E-state index in [0.29, 0.717) is 28.4 Å². The third-order valence-corrected chi connectivity index (χ3v) is 5.15. The van der Waals surface area contributed by atoms with Crippen molar-refractivity contribution in [2.24, 2.45) is 5.73 Å². The molecule has 30 heavy (non-hydrogen) atoms. The van der Waals surface area contributed by atoms with Crippen molar-refractivity contribution in [1.29, 1.82) is 0 Å². The average molecular weight is 403 g/mol. The van der Waals surface area contributed by atoms with Crippen LogP contribution in [0.25, 0.3) is 16.8 Å². The number of ether oxygens (including phenoxy) is 1. The molecule has 0 spiro atoms. The molecule has 2 aromatic carbocycles. The van der Waals surface area contributed by atoms with Crippen LogP contribution in [0.1, 0.15) is 23.5 Å². The van der Waals surface area contributed by atoms with Crippen LogP contribution in [-0.4, -0.2) is 32.8 Å². The van der Waals surface area contributed by atoms with Crippen LogP contribution in [0, 0.1) is 0 Å². The summed E-state index contributed by atoms with van der Waals surface area (Å²) in [5, 5.41) is 2.85. The summed E-state index contributed by atoms with van der Waals surface area (Å²) in [5.74, 6) is -0.0783. The molecule has 3 heterocycles. The van der Waals surface area contributed by atoms with Crippen LogP contribution in [0.5, 0.6) is 5.75 Å². The van der Waals surface area contributed by atoms with E-state index in [0.717, 1.165) is 11.1 Å². The SMILES string of the molecule is NC(=O)COc1cccc([C@H]2CC(=O)Nc3c2c(=O)[nH]c2nc4ccccc4n32)c1. The summed E-state index contributed by atoms with van der Waals surface area (Å²) >= 11 is 0. The summed E-state index contributed by atoms with van der Waals surface area (Å²) in [4.78, 5) is 43.9. The second kappa shape index (κ2) is 6.73. The van der Waals surface area contributed by atoms with Crippen LogP contribution >= 0.6 is 0 Å². The van der Waals surface area contributed by atoms with Crippen LogP contribution < -0.4 is 21.3 Å². The zero-order valence-corrected chi connectivity index (χ0v) is 15.7. The van der Waals surface area contributed by atoms with E-state index in [4.69, 9.17) is 10.5 Å². The van der Waals surface area contributed by atoms with Gasteiger partial charge in [-0.05, 0) is 29.8 Å². The largest absolute Gasteiger partial charge is 0.484 e. The van der Waals surface area contributed by atoms with Crippen molar-refractivity contribution in [2.75, 3.05) is 11.9 Å². The molecule has 5 rings (SSSR count). The molecule has 0 bridgehead atoms. The van der Waals surface area contributed by atoms with E-state index in [1.54, 1.807) is 22.6 Å². The molecule has 9 nitrogen and oxygen atoms in total. The first-order valence-corrected chi connectivity index (χ1v) is 9.35. The Balaban J connectivity index is 1.70. The number of carbonyl (C=O) groups is 2. The summed E-state index contributed by atoms with van der Waals surface area (Å²) in [6, 6.07) is 14.4. The Morgan fingerprint density at radius 1 is 1.20 bits per heavy atom. The number of carbonyl (C=O) groups excluding carboxylic acids is 2. The second-order valence-corrected chi connectivity index (χ2v) is 7.11. The smallest absolute Gasteiger partial charge is 0.258 e. The summed E-state index contributed by atoms with van der Waals surface area (Å²) in [6.45, 7) is -0.257. The number of aromatic amines is 1. The number of nitrogens with zero attached hydrogens (tertiary/aromatic N) is 2. The number of H-pyrrole nitrogens is 1. The minimum Gasteiger partial charge on any atom is -0.484 e. The van der Waals surface area contributed by atoms with Gasteiger partial charge in [0.2, 0.25) is 11.7 Å². The van der Waals surface area contributed by atoms with Crippen molar-refractivity contribution in [1.82, 2.24) is 14.4 Å². The van der Waals surface area contributed by atoms with Crippen LogP contribution in [0.15, 0.2) is 53.3 Å². The number of anilines is 1. The predicted octanol–water partition coefficient (Wildman–Crippen LogP) is 1.51. The van der Waals surface area contributed by atoms with E-state index in [9.17, 15) is 14.4 Å². The number of hydrogen-bond donors (Lipinski definition) is 3. The Kier molecular flexibility index (Phi) is 4.02. The molecule has 4 aromatic rings. The number of imidazole rings is 1. The molecule has 4 N–H and O–H groups in total. The molecule has 1 aliphatic heterocycles. The highest BCUT2D eigenvalue weighted by Gasteiger charge is 2.32. The maximum absolute atomic E-state index is 13.0. The van der Waals surface area contributed by atoms with Gasteiger partial charge in [-0.15, -0.1) is 0 Å². The van der Waals surface area contributed by atoms with Crippen molar-refractivity contribution in [3.63, 3.8) is 0 Å². The zero-order valence-electron chi connectivity index (χ0n) is 15.7. The Morgan fingerprint density at radius 2 is 2.03 bits per heavy atom. The van der Waals surface area contributed by atoms with Gasteiger partial charge in [0.1, 0.15) is 11.6 Å².